The smallest absolute Gasteiger partial charge is 0.191 e. The summed E-state index contributed by atoms with van der Waals surface area (Å²) in [5.74, 6) is 1.34. The Morgan fingerprint density at radius 3 is 2.90 bits per heavy atom. The molecule has 1 aromatic rings. The zero-order valence-electron chi connectivity index (χ0n) is 12.7. The first-order valence-corrected chi connectivity index (χ1v) is 7.38. The molecule has 1 fully saturated rings. The third kappa shape index (κ3) is 5.02. The molecule has 2 heterocycles. The average Bonchev–Trinajstić information content (AvgIpc) is 2.95. The number of nitrogens with one attached hydrogen (secondary N) is 2. The van der Waals surface area contributed by atoms with Crippen LogP contribution < -0.4 is 10.6 Å². The van der Waals surface area contributed by atoms with Crippen molar-refractivity contribution in [3.8, 4) is 0 Å². The quantitative estimate of drug-likeness (QED) is 0.528. The van der Waals surface area contributed by atoms with Gasteiger partial charge in [-0.2, -0.15) is 5.10 Å². The van der Waals surface area contributed by atoms with E-state index in [2.05, 4.69) is 20.7 Å². The average molecular weight is 295 g/mol. The van der Waals surface area contributed by atoms with Crippen molar-refractivity contribution in [3.05, 3.63) is 18.0 Å². The Bertz CT molecular complexity index is 454. The zero-order chi connectivity index (χ0) is 15.1. The molecule has 1 aromatic heterocycles. The van der Waals surface area contributed by atoms with E-state index in [1.807, 2.05) is 13.2 Å². The number of aliphatic imine (C=N–C) groups is 1. The molecule has 0 spiro atoms. The predicted octanol–water partition coefficient (Wildman–Crippen LogP) is 0.0451. The Hall–Kier alpha value is -1.60. The Morgan fingerprint density at radius 2 is 2.29 bits per heavy atom. The second kappa shape index (κ2) is 7.99. The van der Waals surface area contributed by atoms with Crippen LogP contribution in [0.2, 0.25) is 0 Å². The van der Waals surface area contributed by atoms with Gasteiger partial charge in [0.2, 0.25) is 0 Å². The van der Waals surface area contributed by atoms with Crippen LogP contribution >= 0.6 is 0 Å². The maximum Gasteiger partial charge on any atom is 0.191 e. The molecule has 0 saturated carbocycles. The van der Waals surface area contributed by atoms with Gasteiger partial charge in [-0.15, -0.1) is 0 Å². The number of nitrogens with zero attached hydrogens (tertiary/aromatic N) is 3. The van der Waals surface area contributed by atoms with Crippen molar-refractivity contribution in [2.24, 2.45) is 18.0 Å². The van der Waals surface area contributed by atoms with E-state index in [0.29, 0.717) is 18.4 Å². The molecule has 1 saturated heterocycles. The van der Waals surface area contributed by atoms with Crippen LogP contribution in [0.3, 0.4) is 0 Å². The molecular weight excluding hydrogens is 270 g/mol. The lowest BCUT2D eigenvalue weighted by Gasteiger charge is -2.23. The molecule has 21 heavy (non-hydrogen) atoms. The van der Waals surface area contributed by atoms with E-state index < -0.39 is 6.10 Å². The van der Waals surface area contributed by atoms with Crippen molar-refractivity contribution >= 4 is 5.96 Å². The van der Waals surface area contributed by atoms with Crippen molar-refractivity contribution in [2.75, 3.05) is 33.4 Å². The number of guanidine groups is 1. The van der Waals surface area contributed by atoms with Crippen molar-refractivity contribution in [1.82, 2.24) is 20.4 Å². The van der Waals surface area contributed by atoms with Crippen LogP contribution in [0.4, 0.5) is 0 Å². The van der Waals surface area contributed by atoms with E-state index >= 15 is 0 Å². The second-order valence-corrected chi connectivity index (χ2v) is 5.35. The summed E-state index contributed by atoms with van der Waals surface area (Å²) in [5.41, 5.74) is 0.796. The van der Waals surface area contributed by atoms with Crippen molar-refractivity contribution in [1.29, 1.82) is 0 Å². The molecule has 118 valence electrons. The number of hydrogen-bond acceptors (Lipinski definition) is 4. The zero-order valence-corrected chi connectivity index (χ0v) is 12.7. The molecule has 3 N–H and O–H groups in total. The van der Waals surface area contributed by atoms with Gasteiger partial charge in [-0.3, -0.25) is 9.67 Å². The fraction of sp³-hybridized carbons (Fsp3) is 0.714. The van der Waals surface area contributed by atoms with Gasteiger partial charge in [0.05, 0.1) is 12.3 Å². The van der Waals surface area contributed by atoms with Crippen LogP contribution in [0.25, 0.3) is 0 Å². The minimum atomic E-state index is -0.597. The van der Waals surface area contributed by atoms with Gasteiger partial charge in [0.1, 0.15) is 0 Å². The lowest BCUT2D eigenvalue weighted by atomic mass is 10.0. The van der Waals surface area contributed by atoms with Gasteiger partial charge in [-0.05, 0) is 18.8 Å². The molecule has 0 radical (unpaired) electrons. The third-order valence-electron chi connectivity index (χ3n) is 3.70. The van der Waals surface area contributed by atoms with E-state index in [4.69, 9.17) is 4.74 Å². The van der Waals surface area contributed by atoms with Crippen LogP contribution in [0.15, 0.2) is 17.4 Å². The van der Waals surface area contributed by atoms with Crippen LogP contribution in [0.1, 0.15) is 24.5 Å². The lowest BCUT2D eigenvalue weighted by Crippen LogP contribution is -2.42. The van der Waals surface area contributed by atoms with Gasteiger partial charge >= 0.3 is 0 Å². The van der Waals surface area contributed by atoms with Gasteiger partial charge < -0.3 is 20.5 Å². The Morgan fingerprint density at radius 1 is 1.52 bits per heavy atom. The Labute approximate surface area is 125 Å². The predicted molar refractivity (Wildman–Crippen MR) is 81.1 cm³/mol. The van der Waals surface area contributed by atoms with Crippen LogP contribution in [0, 0.1) is 5.92 Å². The summed E-state index contributed by atoms with van der Waals surface area (Å²) >= 11 is 0. The highest BCUT2D eigenvalue weighted by Crippen LogP contribution is 2.13. The molecule has 0 bridgehead atoms. The first-order chi connectivity index (χ1) is 10.2. The van der Waals surface area contributed by atoms with E-state index in [-0.39, 0.29) is 0 Å². The summed E-state index contributed by atoms with van der Waals surface area (Å²) < 4.78 is 7.03. The van der Waals surface area contributed by atoms with E-state index in [9.17, 15) is 5.11 Å². The van der Waals surface area contributed by atoms with Crippen LogP contribution in [-0.2, 0) is 11.8 Å². The van der Waals surface area contributed by atoms with E-state index in [1.54, 1.807) is 17.9 Å². The number of rotatable bonds is 5. The van der Waals surface area contributed by atoms with Crippen LogP contribution in [-0.4, -0.2) is 54.2 Å². The minimum absolute atomic E-state index is 0.402. The maximum absolute atomic E-state index is 10.1. The second-order valence-electron chi connectivity index (χ2n) is 5.35. The molecule has 0 aliphatic carbocycles. The summed E-state index contributed by atoms with van der Waals surface area (Å²) in [4.78, 5) is 4.17. The van der Waals surface area contributed by atoms with Crippen molar-refractivity contribution in [3.63, 3.8) is 0 Å². The Balaban J connectivity index is 1.72. The maximum atomic E-state index is 10.1. The van der Waals surface area contributed by atoms with Crippen molar-refractivity contribution in [2.45, 2.75) is 18.9 Å². The molecule has 1 aliphatic rings. The summed E-state index contributed by atoms with van der Waals surface area (Å²) in [5, 5.41) is 20.6. The summed E-state index contributed by atoms with van der Waals surface area (Å²) in [7, 11) is 3.56. The van der Waals surface area contributed by atoms with Crippen molar-refractivity contribution < 1.29 is 9.84 Å². The standard InChI is InChI=1S/C14H25N5O2/c1-15-14(16-7-11-3-5-21-6-4-11)17-9-13(20)12-8-18-19(2)10-12/h8,10-11,13,20H,3-7,9H2,1-2H3,(H2,15,16,17). The summed E-state index contributed by atoms with van der Waals surface area (Å²) in [6.07, 6.45) is 5.06. The number of ether oxygens (including phenoxy) is 1. The highest BCUT2D eigenvalue weighted by Gasteiger charge is 2.15. The minimum Gasteiger partial charge on any atom is -0.386 e. The molecule has 7 heteroatoms. The first-order valence-electron chi connectivity index (χ1n) is 7.38. The van der Waals surface area contributed by atoms with Gasteiger partial charge in [0.25, 0.3) is 0 Å². The lowest BCUT2D eigenvalue weighted by molar-refractivity contribution is 0.0675. The molecule has 7 nitrogen and oxygen atoms in total. The molecule has 2 rings (SSSR count). The highest BCUT2D eigenvalue weighted by atomic mass is 16.5. The molecule has 1 aliphatic heterocycles. The largest absolute Gasteiger partial charge is 0.386 e. The third-order valence-corrected chi connectivity index (χ3v) is 3.70. The van der Waals surface area contributed by atoms with Gasteiger partial charge in [-0.25, -0.2) is 0 Å². The fourth-order valence-corrected chi connectivity index (χ4v) is 2.34. The number of hydrogen-bond donors (Lipinski definition) is 3. The summed E-state index contributed by atoms with van der Waals surface area (Å²) in [6, 6.07) is 0. The number of aryl methyl sites for hydroxylation is 1. The van der Waals surface area contributed by atoms with Crippen LogP contribution in [0.5, 0.6) is 0 Å². The number of aromatic nitrogens is 2. The first kappa shape index (κ1) is 15.8. The van der Waals surface area contributed by atoms with Gasteiger partial charge in [0.15, 0.2) is 5.96 Å². The molecule has 0 aromatic carbocycles. The SMILES string of the molecule is CN=C(NCC1CCOCC1)NCC(O)c1cnn(C)c1. The molecule has 0 amide bonds. The van der Waals surface area contributed by atoms with E-state index in [0.717, 1.165) is 38.2 Å². The number of aliphatic hydroxyl groups is 1. The Kier molecular flexibility index (Phi) is 6.01. The molecule has 1 atom stereocenters. The topological polar surface area (TPSA) is 83.7 Å². The fourth-order valence-electron chi connectivity index (χ4n) is 2.34. The number of aliphatic hydroxyl groups excluding tert-OH is 1. The monoisotopic (exact) mass is 295 g/mol. The highest BCUT2D eigenvalue weighted by molar-refractivity contribution is 5.79. The molecular formula is C14H25N5O2. The summed E-state index contributed by atoms with van der Waals surface area (Å²) in [6.45, 7) is 2.97. The van der Waals surface area contributed by atoms with E-state index in [1.165, 1.54) is 0 Å². The normalized spacial score (nSPS) is 18.5. The molecule has 1 unspecified atom stereocenters. The van der Waals surface area contributed by atoms with Gasteiger partial charge in [0, 0.05) is 52.2 Å². The van der Waals surface area contributed by atoms with Gasteiger partial charge in [-0.1, -0.05) is 0 Å².